The van der Waals surface area contributed by atoms with Gasteiger partial charge in [0, 0.05) is 44.2 Å². The Morgan fingerprint density at radius 3 is 2.39 bits per heavy atom. The monoisotopic (exact) mass is 485 g/mol. The van der Waals surface area contributed by atoms with Gasteiger partial charge in [0.1, 0.15) is 5.75 Å². The number of nitrogens with zero attached hydrogens (tertiary/aromatic N) is 2. The number of fused-ring (bicyclic) bond motifs is 1. The highest BCUT2D eigenvalue weighted by Gasteiger charge is 2.30. The van der Waals surface area contributed by atoms with Gasteiger partial charge in [-0.25, -0.2) is 0 Å². The molecule has 3 aromatic rings. The number of amides is 1. The van der Waals surface area contributed by atoms with E-state index in [1.54, 1.807) is 0 Å². The molecule has 0 bridgehead atoms. The third-order valence-electron chi connectivity index (χ3n) is 7.30. The van der Waals surface area contributed by atoms with Crippen LogP contribution in [0.3, 0.4) is 0 Å². The van der Waals surface area contributed by atoms with Gasteiger partial charge >= 0.3 is 0 Å². The average Bonchev–Trinajstić information content (AvgIpc) is 3.77. The molecule has 1 heterocycles. The lowest BCUT2D eigenvalue weighted by molar-refractivity contribution is -0.134. The summed E-state index contributed by atoms with van der Waals surface area (Å²) in [6, 6.07) is 21.4. The lowest BCUT2D eigenvalue weighted by Gasteiger charge is -2.36. The maximum Gasteiger partial charge on any atom is 0.239 e. The van der Waals surface area contributed by atoms with E-state index >= 15 is 0 Å². The van der Waals surface area contributed by atoms with Crippen molar-refractivity contribution in [2.24, 2.45) is 11.7 Å². The van der Waals surface area contributed by atoms with Crippen LogP contribution in [0.15, 0.2) is 66.7 Å². The van der Waals surface area contributed by atoms with Crippen LogP contribution in [0.4, 0.5) is 0 Å². The van der Waals surface area contributed by atoms with Crippen molar-refractivity contribution in [3.8, 4) is 5.75 Å². The fourth-order valence-electron chi connectivity index (χ4n) is 5.00. The Kier molecular flexibility index (Phi) is 7.63. The Balaban J connectivity index is 1.02. The van der Waals surface area contributed by atoms with Crippen molar-refractivity contribution in [3.05, 3.63) is 77.9 Å². The predicted octanol–water partition coefficient (Wildman–Crippen LogP) is 3.92. The molecule has 2 fully saturated rings. The zero-order valence-corrected chi connectivity index (χ0v) is 20.8. The zero-order chi connectivity index (χ0) is 24.9. The minimum absolute atomic E-state index is 0.0366. The van der Waals surface area contributed by atoms with Gasteiger partial charge in [-0.05, 0) is 66.3 Å². The Hall–Kier alpha value is -3.22. The maximum atomic E-state index is 13.0. The van der Waals surface area contributed by atoms with Crippen LogP contribution in [-0.2, 0) is 11.2 Å². The number of carbonyl (C=O) groups excluding carboxylic acids is 2. The molecule has 0 aromatic heterocycles. The van der Waals surface area contributed by atoms with Crippen LogP contribution in [0.2, 0.25) is 0 Å². The summed E-state index contributed by atoms with van der Waals surface area (Å²) in [5, 5.41) is 2.34. The summed E-state index contributed by atoms with van der Waals surface area (Å²) in [4.78, 5) is 29.4. The maximum absolute atomic E-state index is 13.0. The van der Waals surface area contributed by atoms with E-state index in [2.05, 4.69) is 29.2 Å². The summed E-state index contributed by atoms with van der Waals surface area (Å²) in [7, 11) is 0. The van der Waals surface area contributed by atoms with Crippen LogP contribution in [0.5, 0.6) is 5.75 Å². The summed E-state index contributed by atoms with van der Waals surface area (Å²) < 4.78 is 5.87. The molecule has 1 atom stereocenters. The van der Waals surface area contributed by atoms with Gasteiger partial charge in [0.15, 0.2) is 5.78 Å². The van der Waals surface area contributed by atoms with Crippen molar-refractivity contribution >= 4 is 22.5 Å². The molecule has 2 aliphatic rings. The third-order valence-corrected chi connectivity index (χ3v) is 7.30. The van der Waals surface area contributed by atoms with Gasteiger partial charge in [0.05, 0.1) is 12.6 Å². The second-order valence-corrected chi connectivity index (χ2v) is 9.98. The van der Waals surface area contributed by atoms with E-state index < -0.39 is 6.04 Å². The number of piperazine rings is 1. The van der Waals surface area contributed by atoms with E-state index in [4.69, 9.17) is 10.5 Å². The molecule has 1 aliphatic heterocycles. The smallest absolute Gasteiger partial charge is 0.239 e. The first-order chi connectivity index (χ1) is 17.6. The molecule has 6 nitrogen and oxygen atoms in total. The van der Waals surface area contributed by atoms with E-state index in [1.165, 1.54) is 5.39 Å². The number of Topliss-reactive ketones (excluding diaryl/α,β-unsaturated/α-hetero) is 1. The predicted molar refractivity (Wildman–Crippen MR) is 142 cm³/mol. The van der Waals surface area contributed by atoms with Gasteiger partial charge < -0.3 is 15.4 Å². The molecular weight excluding hydrogens is 450 g/mol. The summed E-state index contributed by atoms with van der Waals surface area (Å²) in [6.07, 6.45) is 3.51. The van der Waals surface area contributed by atoms with E-state index in [0.29, 0.717) is 26.1 Å². The molecule has 0 radical (unpaired) electrons. The first kappa shape index (κ1) is 24.5. The van der Waals surface area contributed by atoms with Crippen molar-refractivity contribution in [2.75, 3.05) is 39.3 Å². The molecule has 3 aromatic carbocycles. The summed E-state index contributed by atoms with van der Waals surface area (Å²) in [5.41, 5.74) is 8.27. The molecule has 0 spiro atoms. The number of ketones is 1. The number of carbonyl (C=O) groups is 2. The standard InChI is InChI=1S/C30H35N3O3/c31-28(21-25-7-3-6-22-5-1-2-8-27(22)25)30(35)33-18-16-32(17-19-33)15-4-20-36-26-13-11-24(12-14-26)29(34)23-9-10-23/h1-3,5-8,11-14,23,28H,4,9-10,15-21,31H2/t28-/m1/s1. The third kappa shape index (κ3) is 5.94. The fourth-order valence-corrected chi connectivity index (χ4v) is 5.00. The molecule has 188 valence electrons. The van der Waals surface area contributed by atoms with E-state index in [0.717, 1.165) is 61.2 Å². The van der Waals surface area contributed by atoms with Crippen LogP contribution in [0.1, 0.15) is 35.2 Å². The largest absolute Gasteiger partial charge is 0.494 e. The van der Waals surface area contributed by atoms with Crippen molar-refractivity contribution in [2.45, 2.75) is 31.7 Å². The van der Waals surface area contributed by atoms with Gasteiger partial charge in [0.2, 0.25) is 5.91 Å². The number of rotatable bonds is 10. The number of hydrogen-bond acceptors (Lipinski definition) is 5. The van der Waals surface area contributed by atoms with Gasteiger partial charge in [0.25, 0.3) is 0 Å². The normalized spacial score (nSPS) is 17.2. The van der Waals surface area contributed by atoms with E-state index in [9.17, 15) is 9.59 Å². The summed E-state index contributed by atoms with van der Waals surface area (Å²) in [6.45, 7) is 4.68. The topological polar surface area (TPSA) is 75.9 Å². The molecular formula is C30H35N3O3. The average molecular weight is 486 g/mol. The van der Waals surface area contributed by atoms with E-state index in [1.807, 2.05) is 47.4 Å². The second kappa shape index (κ2) is 11.2. The molecule has 2 N–H and O–H groups in total. The second-order valence-electron chi connectivity index (χ2n) is 9.98. The van der Waals surface area contributed by atoms with Gasteiger partial charge in [-0.3, -0.25) is 14.5 Å². The highest BCUT2D eigenvalue weighted by molar-refractivity contribution is 5.99. The van der Waals surface area contributed by atoms with Crippen LogP contribution in [0, 0.1) is 5.92 Å². The summed E-state index contributed by atoms with van der Waals surface area (Å²) >= 11 is 0. The fraction of sp³-hybridized carbons (Fsp3) is 0.400. The number of ether oxygens (including phenoxy) is 1. The van der Waals surface area contributed by atoms with Crippen LogP contribution >= 0.6 is 0 Å². The van der Waals surface area contributed by atoms with Crippen LogP contribution < -0.4 is 10.5 Å². The Morgan fingerprint density at radius 2 is 1.64 bits per heavy atom. The SMILES string of the molecule is N[C@H](Cc1cccc2ccccc12)C(=O)N1CCN(CCCOc2ccc(C(=O)C3CC3)cc2)CC1. The van der Waals surface area contributed by atoms with Crippen molar-refractivity contribution in [1.29, 1.82) is 0 Å². The molecule has 0 unspecified atom stereocenters. The molecule has 5 rings (SSSR count). The quantitative estimate of drug-likeness (QED) is 0.348. The summed E-state index contributed by atoms with van der Waals surface area (Å²) in [5.74, 6) is 1.34. The van der Waals surface area contributed by atoms with E-state index in [-0.39, 0.29) is 17.6 Å². The minimum atomic E-state index is -0.526. The molecule has 6 heteroatoms. The van der Waals surface area contributed by atoms with Crippen molar-refractivity contribution in [3.63, 3.8) is 0 Å². The first-order valence-electron chi connectivity index (χ1n) is 13.1. The van der Waals surface area contributed by atoms with Crippen LogP contribution in [-0.4, -0.2) is 66.9 Å². The van der Waals surface area contributed by atoms with Crippen molar-refractivity contribution < 1.29 is 14.3 Å². The van der Waals surface area contributed by atoms with Gasteiger partial charge in [-0.1, -0.05) is 42.5 Å². The number of hydrogen-bond donors (Lipinski definition) is 1. The molecule has 1 amide bonds. The zero-order valence-electron chi connectivity index (χ0n) is 20.8. The van der Waals surface area contributed by atoms with Gasteiger partial charge in [-0.2, -0.15) is 0 Å². The highest BCUT2D eigenvalue weighted by Crippen LogP contribution is 2.32. The molecule has 1 aliphatic carbocycles. The minimum Gasteiger partial charge on any atom is -0.494 e. The van der Waals surface area contributed by atoms with Crippen LogP contribution in [0.25, 0.3) is 10.8 Å². The lowest BCUT2D eigenvalue weighted by atomic mass is 9.98. The number of benzene rings is 3. The number of nitrogens with two attached hydrogens (primary N) is 1. The Bertz CT molecular complexity index is 1190. The molecule has 36 heavy (non-hydrogen) atoms. The molecule has 1 saturated carbocycles. The van der Waals surface area contributed by atoms with Crippen molar-refractivity contribution in [1.82, 2.24) is 9.80 Å². The Labute approximate surface area is 213 Å². The first-order valence-corrected chi connectivity index (χ1v) is 13.1. The highest BCUT2D eigenvalue weighted by atomic mass is 16.5. The van der Waals surface area contributed by atoms with Gasteiger partial charge in [-0.15, -0.1) is 0 Å². The molecule has 1 saturated heterocycles. The Morgan fingerprint density at radius 1 is 0.917 bits per heavy atom. The lowest BCUT2D eigenvalue weighted by Crippen LogP contribution is -2.53.